The first-order valence-electron chi connectivity index (χ1n) is 6.28. The van der Waals surface area contributed by atoms with Crippen molar-refractivity contribution in [1.82, 2.24) is 9.78 Å². The van der Waals surface area contributed by atoms with E-state index < -0.39 is 6.09 Å². The zero-order chi connectivity index (χ0) is 14.5. The molecular weight excluding hydrogens is 256 g/mol. The number of ether oxygens (including phenoxy) is 1. The molecule has 2 N–H and O–H groups in total. The van der Waals surface area contributed by atoms with Crippen LogP contribution in [0.1, 0.15) is 18.5 Å². The third-order valence-corrected chi connectivity index (χ3v) is 2.92. The van der Waals surface area contributed by atoms with Gasteiger partial charge in [0.1, 0.15) is 0 Å². The molecule has 0 fully saturated rings. The van der Waals surface area contributed by atoms with Crippen molar-refractivity contribution in [2.45, 2.75) is 13.0 Å². The molecule has 1 heterocycles. The normalized spacial score (nSPS) is 11.8. The van der Waals surface area contributed by atoms with Crippen molar-refractivity contribution < 1.29 is 9.53 Å². The lowest BCUT2D eigenvalue weighted by molar-refractivity contribution is 0.187. The number of hydrogen-bond donors (Lipinski definition) is 2. The number of carbonyl (C=O) groups excluding carboxylic acids is 1. The molecule has 0 saturated heterocycles. The van der Waals surface area contributed by atoms with E-state index in [1.54, 1.807) is 4.68 Å². The standard InChI is InChI=1S/C14H18N4O2/c1-10(11-8-15-18(2)9-11)16-12-4-6-13(7-5-12)17-14(19)20-3/h4-10,16H,1-3H3,(H,17,19). The molecule has 20 heavy (non-hydrogen) atoms. The van der Waals surface area contributed by atoms with Crippen molar-refractivity contribution in [1.29, 1.82) is 0 Å². The third kappa shape index (κ3) is 3.50. The van der Waals surface area contributed by atoms with E-state index in [1.165, 1.54) is 7.11 Å². The lowest BCUT2D eigenvalue weighted by Crippen LogP contribution is -2.11. The SMILES string of the molecule is COC(=O)Nc1ccc(NC(C)c2cnn(C)c2)cc1. The summed E-state index contributed by atoms with van der Waals surface area (Å²) in [7, 11) is 3.23. The number of rotatable bonds is 4. The minimum absolute atomic E-state index is 0.156. The summed E-state index contributed by atoms with van der Waals surface area (Å²) in [6.07, 6.45) is 3.34. The number of aryl methyl sites for hydroxylation is 1. The molecule has 106 valence electrons. The Hall–Kier alpha value is -2.50. The van der Waals surface area contributed by atoms with Gasteiger partial charge in [0.15, 0.2) is 0 Å². The first-order valence-corrected chi connectivity index (χ1v) is 6.28. The Morgan fingerprint density at radius 2 is 1.95 bits per heavy atom. The third-order valence-electron chi connectivity index (χ3n) is 2.92. The van der Waals surface area contributed by atoms with Crippen LogP contribution in [0, 0.1) is 0 Å². The van der Waals surface area contributed by atoms with E-state index in [4.69, 9.17) is 0 Å². The molecule has 2 rings (SSSR count). The fraction of sp³-hybridized carbons (Fsp3) is 0.286. The quantitative estimate of drug-likeness (QED) is 0.899. The Labute approximate surface area is 117 Å². The molecule has 1 unspecified atom stereocenters. The summed E-state index contributed by atoms with van der Waals surface area (Å²) < 4.78 is 6.31. The highest BCUT2D eigenvalue weighted by atomic mass is 16.5. The van der Waals surface area contributed by atoms with E-state index in [9.17, 15) is 4.79 Å². The highest BCUT2D eigenvalue weighted by molar-refractivity contribution is 5.84. The molecular formula is C14H18N4O2. The fourth-order valence-electron chi connectivity index (χ4n) is 1.82. The lowest BCUT2D eigenvalue weighted by Gasteiger charge is -2.14. The minimum atomic E-state index is -0.477. The number of benzene rings is 1. The maximum Gasteiger partial charge on any atom is 0.411 e. The Bertz CT molecular complexity index is 577. The van der Waals surface area contributed by atoms with Gasteiger partial charge in [-0.15, -0.1) is 0 Å². The van der Waals surface area contributed by atoms with Gasteiger partial charge in [-0.1, -0.05) is 0 Å². The average Bonchev–Trinajstić information content (AvgIpc) is 2.87. The molecule has 0 radical (unpaired) electrons. The molecule has 0 bridgehead atoms. The van der Waals surface area contributed by atoms with Gasteiger partial charge in [-0.05, 0) is 31.2 Å². The van der Waals surface area contributed by atoms with E-state index in [-0.39, 0.29) is 6.04 Å². The molecule has 1 amide bonds. The van der Waals surface area contributed by atoms with E-state index >= 15 is 0 Å². The Balaban J connectivity index is 1.98. The maximum absolute atomic E-state index is 11.1. The second-order valence-electron chi connectivity index (χ2n) is 4.51. The zero-order valence-corrected chi connectivity index (χ0v) is 11.8. The van der Waals surface area contributed by atoms with E-state index in [2.05, 4.69) is 27.4 Å². The Morgan fingerprint density at radius 3 is 2.50 bits per heavy atom. The Kier molecular flexibility index (Phi) is 4.24. The van der Waals surface area contributed by atoms with Crippen LogP contribution in [-0.2, 0) is 11.8 Å². The second kappa shape index (κ2) is 6.10. The van der Waals surface area contributed by atoms with Crippen LogP contribution in [0.2, 0.25) is 0 Å². The molecule has 0 aliphatic carbocycles. The van der Waals surface area contributed by atoms with Crippen LogP contribution in [0.5, 0.6) is 0 Å². The lowest BCUT2D eigenvalue weighted by atomic mass is 10.2. The van der Waals surface area contributed by atoms with Gasteiger partial charge >= 0.3 is 6.09 Å². The summed E-state index contributed by atoms with van der Waals surface area (Å²) in [5.41, 5.74) is 2.78. The predicted molar refractivity (Wildman–Crippen MR) is 77.7 cm³/mol. The molecule has 1 aromatic carbocycles. The summed E-state index contributed by atoms with van der Waals surface area (Å²) in [4.78, 5) is 11.1. The van der Waals surface area contributed by atoms with Crippen LogP contribution in [0.3, 0.4) is 0 Å². The van der Waals surface area contributed by atoms with Crippen LogP contribution in [0.25, 0.3) is 0 Å². The van der Waals surface area contributed by atoms with E-state index in [0.717, 1.165) is 11.3 Å². The van der Waals surface area contributed by atoms with Gasteiger partial charge in [-0.3, -0.25) is 10.00 Å². The van der Waals surface area contributed by atoms with Gasteiger partial charge < -0.3 is 10.1 Å². The molecule has 0 aliphatic rings. The summed E-state index contributed by atoms with van der Waals surface area (Å²) in [5.74, 6) is 0. The first kappa shape index (κ1) is 13.9. The van der Waals surface area contributed by atoms with Crippen molar-refractivity contribution in [2.75, 3.05) is 17.7 Å². The van der Waals surface area contributed by atoms with Gasteiger partial charge in [0, 0.05) is 30.2 Å². The van der Waals surface area contributed by atoms with Crippen LogP contribution in [0.15, 0.2) is 36.7 Å². The van der Waals surface area contributed by atoms with Gasteiger partial charge in [0.25, 0.3) is 0 Å². The van der Waals surface area contributed by atoms with Gasteiger partial charge in [-0.2, -0.15) is 5.10 Å². The van der Waals surface area contributed by atoms with E-state index in [1.807, 2.05) is 43.7 Å². The van der Waals surface area contributed by atoms with Gasteiger partial charge in [0.05, 0.1) is 19.3 Å². The van der Waals surface area contributed by atoms with E-state index in [0.29, 0.717) is 5.69 Å². The molecule has 2 aromatic rings. The number of aromatic nitrogens is 2. The van der Waals surface area contributed by atoms with Crippen LogP contribution in [-0.4, -0.2) is 23.0 Å². The maximum atomic E-state index is 11.1. The second-order valence-corrected chi connectivity index (χ2v) is 4.51. The highest BCUT2D eigenvalue weighted by Crippen LogP contribution is 2.20. The molecule has 0 aliphatic heterocycles. The van der Waals surface area contributed by atoms with Crippen LogP contribution < -0.4 is 10.6 Å². The van der Waals surface area contributed by atoms with Crippen molar-refractivity contribution in [3.63, 3.8) is 0 Å². The number of nitrogens with zero attached hydrogens (tertiary/aromatic N) is 2. The van der Waals surface area contributed by atoms with Crippen molar-refractivity contribution >= 4 is 17.5 Å². The first-order chi connectivity index (χ1) is 9.58. The molecule has 0 saturated carbocycles. The monoisotopic (exact) mass is 274 g/mol. The largest absolute Gasteiger partial charge is 0.453 e. The molecule has 1 atom stereocenters. The number of amides is 1. The number of carbonyl (C=O) groups is 1. The Morgan fingerprint density at radius 1 is 1.30 bits per heavy atom. The smallest absolute Gasteiger partial charge is 0.411 e. The predicted octanol–water partition coefficient (Wildman–Crippen LogP) is 2.77. The molecule has 6 heteroatoms. The minimum Gasteiger partial charge on any atom is -0.453 e. The topological polar surface area (TPSA) is 68.2 Å². The van der Waals surface area contributed by atoms with Crippen LogP contribution >= 0.6 is 0 Å². The molecule has 0 spiro atoms. The van der Waals surface area contributed by atoms with Gasteiger partial charge in [0.2, 0.25) is 0 Å². The summed E-state index contributed by atoms with van der Waals surface area (Å²) in [6, 6.07) is 7.59. The number of nitrogens with one attached hydrogen (secondary N) is 2. The zero-order valence-electron chi connectivity index (χ0n) is 11.8. The summed E-state index contributed by atoms with van der Waals surface area (Å²) >= 11 is 0. The number of hydrogen-bond acceptors (Lipinski definition) is 4. The fourth-order valence-corrected chi connectivity index (χ4v) is 1.82. The van der Waals surface area contributed by atoms with Crippen molar-refractivity contribution in [3.8, 4) is 0 Å². The van der Waals surface area contributed by atoms with Crippen molar-refractivity contribution in [2.24, 2.45) is 7.05 Å². The number of methoxy groups -OCH3 is 1. The molecule has 6 nitrogen and oxygen atoms in total. The van der Waals surface area contributed by atoms with Gasteiger partial charge in [-0.25, -0.2) is 4.79 Å². The van der Waals surface area contributed by atoms with Crippen molar-refractivity contribution in [3.05, 3.63) is 42.2 Å². The average molecular weight is 274 g/mol. The summed E-state index contributed by atoms with van der Waals surface area (Å²) in [5, 5.41) is 10.1. The number of anilines is 2. The highest BCUT2D eigenvalue weighted by Gasteiger charge is 2.07. The van der Waals surface area contributed by atoms with Crippen LogP contribution in [0.4, 0.5) is 16.2 Å². The summed E-state index contributed by atoms with van der Waals surface area (Å²) in [6.45, 7) is 2.07. The molecule has 1 aromatic heterocycles.